The van der Waals surface area contributed by atoms with E-state index in [4.69, 9.17) is 25.8 Å². The van der Waals surface area contributed by atoms with Crippen molar-refractivity contribution in [3.05, 3.63) is 22.7 Å². The van der Waals surface area contributed by atoms with Gasteiger partial charge in [-0.3, -0.25) is 0 Å². The Morgan fingerprint density at radius 2 is 2.16 bits per heavy atom. The second kappa shape index (κ2) is 5.19. The zero-order valence-electron chi connectivity index (χ0n) is 11.0. The lowest BCUT2D eigenvalue weighted by Gasteiger charge is -2.32. The maximum atomic E-state index is 6.37. The number of hydrogen-bond donors (Lipinski definition) is 1. The van der Waals surface area contributed by atoms with Gasteiger partial charge in [-0.15, -0.1) is 0 Å². The molecule has 1 N–H and O–H groups in total. The van der Waals surface area contributed by atoms with Crippen molar-refractivity contribution in [1.82, 2.24) is 5.32 Å². The number of methoxy groups -OCH3 is 1. The van der Waals surface area contributed by atoms with E-state index in [2.05, 4.69) is 11.4 Å². The van der Waals surface area contributed by atoms with Gasteiger partial charge in [0, 0.05) is 18.1 Å². The van der Waals surface area contributed by atoms with Crippen LogP contribution in [0.25, 0.3) is 0 Å². The molecule has 4 nitrogen and oxygen atoms in total. The Bertz CT molecular complexity index is 472. The Kier molecular flexibility index (Phi) is 3.56. The molecular formula is C14H18ClNO3. The van der Waals surface area contributed by atoms with E-state index < -0.39 is 0 Å². The molecule has 19 heavy (non-hydrogen) atoms. The van der Waals surface area contributed by atoms with E-state index in [0.29, 0.717) is 10.8 Å². The minimum atomic E-state index is 0.129. The zero-order chi connectivity index (χ0) is 13.3. The number of hydrogen-bond acceptors (Lipinski definition) is 4. The highest BCUT2D eigenvalue weighted by atomic mass is 35.5. The molecule has 0 amide bonds. The number of ether oxygens (including phenoxy) is 3. The fraction of sp³-hybridized carbons (Fsp3) is 0.571. The fourth-order valence-electron chi connectivity index (χ4n) is 2.94. The van der Waals surface area contributed by atoms with Gasteiger partial charge < -0.3 is 19.5 Å². The van der Waals surface area contributed by atoms with Crippen molar-refractivity contribution in [2.75, 3.05) is 33.6 Å². The molecular weight excluding hydrogens is 266 g/mol. The van der Waals surface area contributed by atoms with Gasteiger partial charge in [0.2, 0.25) is 0 Å². The SMILES string of the molecule is COCOc1ccc2c(c1Cl)OCC21CCNCC1. The molecule has 3 rings (SSSR count). The predicted octanol–water partition coefficient (Wildman–Crippen LogP) is 2.34. The molecule has 2 heterocycles. The number of piperidine rings is 1. The molecule has 0 atom stereocenters. The molecule has 0 bridgehead atoms. The molecule has 0 radical (unpaired) electrons. The molecule has 2 aliphatic heterocycles. The van der Waals surface area contributed by atoms with Crippen LogP contribution in [0.3, 0.4) is 0 Å². The molecule has 1 spiro atoms. The number of rotatable bonds is 3. The van der Waals surface area contributed by atoms with Crippen molar-refractivity contribution < 1.29 is 14.2 Å². The van der Waals surface area contributed by atoms with Crippen LogP contribution in [-0.4, -0.2) is 33.6 Å². The number of benzene rings is 1. The highest BCUT2D eigenvalue weighted by molar-refractivity contribution is 6.33. The van der Waals surface area contributed by atoms with Crippen LogP contribution in [0.1, 0.15) is 18.4 Å². The van der Waals surface area contributed by atoms with Crippen LogP contribution in [0.4, 0.5) is 0 Å². The van der Waals surface area contributed by atoms with E-state index in [1.807, 2.05) is 6.07 Å². The van der Waals surface area contributed by atoms with E-state index in [1.165, 1.54) is 5.56 Å². The minimum absolute atomic E-state index is 0.129. The summed E-state index contributed by atoms with van der Waals surface area (Å²) in [5.41, 5.74) is 1.35. The minimum Gasteiger partial charge on any atom is -0.491 e. The van der Waals surface area contributed by atoms with Crippen LogP contribution in [0, 0.1) is 0 Å². The maximum absolute atomic E-state index is 6.37. The number of fused-ring (bicyclic) bond motifs is 2. The van der Waals surface area contributed by atoms with Crippen molar-refractivity contribution in [2.24, 2.45) is 0 Å². The average molecular weight is 284 g/mol. The van der Waals surface area contributed by atoms with Crippen molar-refractivity contribution >= 4 is 11.6 Å². The molecule has 1 fully saturated rings. The maximum Gasteiger partial charge on any atom is 0.188 e. The van der Waals surface area contributed by atoms with E-state index in [1.54, 1.807) is 7.11 Å². The summed E-state index contributed by atoms with van der Waals surface area (Å²) in [6, 6.07) is 4.00. The van der Waals surface area contributed by atoms with Crippen molar-refractivity contribution in [2.45, 2.75) is 18.3 Å². The van der Waals surface area contributed by atoms with Crippen molar-refractivity contribution in [3.63, 3.8) is 0 Å². The molecule has 0 aliphatic carbocycles. The first-order valence-corrected chi connectivity index (χ1v) is 6.93. The summed E-state index contributed by atoms with van der Waals surface area (Å²) in [4.78, 5) is 0. The Morgan fingerprint density at radius 3 is 2.89 bits per heavy atom. The molecule has 1 saturated heterocycles. The third-order valence-electron chi connectivity index (χ3n) is 4.02. The summed E-state index contributed by atoms with van der Waals surface area (Å²) in [6.45, 7) is 2.97. The van der Waals surface area contributed by atoms with E-state index in [9.17, 15) is 0 Å². The van der Waals surface area contributed by atoms with Crippen LogP contribution >= 0.6 is 11.6 Å². The Morgan fingerprint density at radius 1 is 1.37 bits per heavy atom. The van der Waals surface area contributed by atoms with E-state index in [-0.39, 0.29) is 12.2 Å². The normalized spacial score (nSPS) is 20.1. The highest BCUT2D eigenvalue weighted by Gasteiger charge is 2.42. The van der Waals surface area contributed by atoms with Gasteiger partial charge in [-0.25, -0.2) is 0 Å². The first-order valence-electron chi connectivity index (χ1n) is 6.55. The van der Waals surface area contributed by atoms with Crippen LogP contribution in [-0.2, 0) is 10.2 Å². The highest BCUT2D eigenvalue weighted by Crippen LogP contribution is 2.50. The smallest absolute Gasteiger partial charge is 0.188 e. The predicted molar refractivity (Wildman–Crippen MR) is 73.2 cm³/mol. The zero-order valence-corrected chi connectivity index (χ0v) is 11.8. The van der Waals surface area contributed by atoms with Gasteiger partial charge in [-0.05, 0) is 32.0 Å². The molecule has 2 aliphatic rings. The standard InChI is InChI=1S/C14H18ClNO3/c1-17-9-19-11-3-2-10-13(12(11)15)18-8-14(10)4-6-16-7-5-14/h2-3,16H,4-9H2,1H3. The summed E-state index contributed by atoms with van der Waals surface area (Å²) in [7, 11) is 1.59. The van der Waals surface area contributed by atoms with Crippen molar-refractivity contribution in [1.29, 1.82) is 0 Å². The third-order valence-corrected chi connectivity index (χ3v) is 4.38. The second-order valence-corrected chi connectivity index (χ2v) is 5.50. The molecule has 0 aromatic heterocycles. The van der Waals surface area contributed by atoms with Crippen LogP contribution in [0.5, 0.6) is 11.5 Å². The quantitative estimate of drug-likeness (QED) is 0.865. The largest absolute Gasteiger partial charge is 0.491 e. The van der Waals surface area contributed by atoms with Crippen LogP contribution in [0.15, 0.2) is 12.1 Å². The van der Waals surface area contributed by atoms with E-state index >= 15 is 0 Å². The van der Waals surface area contributed by atoms with Crippen LogP contribution in [0.2, 0.25) is 5.02 Å². The summed E-state index contributed by atoms with van der Waals surface area (Å²) in [5.74, 6) is 1.41. The average Bonchev–Trinajstić information content (AvgIpc) is 2.79. The topological polar surface area (TPSA) is 39.7 Å². The fourth-order valence-corrected chi connectivity index (χ4v) is 3.21. The monoisotopic (exact) mass is 283 g/mol. The lowest BCUT2D eigenvalue weighted by molar-refractivity contribution is 0.0510. The first-order chi connectivity index (χ1) is 9.27. The number of halogens is 1. The number of nitrogens with one attached hydrogen (secondary N) is 1. The van der Waals surface area contributed by atoms with Crippen molar-refractivity contribution in [3.8, 4) is 11.5 Å². The Labute approximate surface area is 118 Å². The molecule has 5 heteroatoms. The molecule has 0 unspecified atom stereocenters. The lowest BCUT2D eigenvalue weighted by Crippen LogP contribution is -2.40. The van der Waals surface area contributed by atoms with Gasteiger partial charge in [0.25, 0.3) is 0 Å². The van der Waals surface area contributed by atoms with Crippen LogP contribution < -0.4 is 14.8 Å². The van der Waals surface area contributed by atoms with Gasteiger partial charge in [-0.1, -0.05) is 17.7 Å². The summed E-state index contributed by atoms with van der Waals surface area (Å²) < 4.78 is 16.2. The van der Waals surface area contributed by atoms with Gasteiger partial charge in [-0.2, -0.15) is 0 Å². The first kappa shape index (κ1) is 13.0. The third kappa shape index (κ3) is 2.18. The van der Waals surface area contributed by atoms with Gasteiger partial charge in [0.1, 0.15) is 16.5 Å². The molecule has 0 saturated carbocycles. The summed E-state index contributed by atoms with van der Waals surface area (Å²) in [5, 5.41) is 3.95. The summed E-state index contributed by atoms with van der Waals surface area (Å²) in [6.07, 6.45) is 2.18. The van der Waals surface area contributed by atoms with E-state index in [0.717, 1.165) is 38.3 Å². The second-order valence-electron chi connectivity index (χ2n) is 5.12. The lowest BCUT2D eigenvalue weighted by atomic mass is 9.75. The Hall–Kier alpha value is -0.970. The summed E-state index contributed by atoms with van der Waals surface area (Å²) >= 11 is 6.37. The Balaban J connectivity index is 1.92. The van der Waals surface area contributed by atoms with Gasteiger partial charge >= 0.3 is 0 Å². The molecule has 1 aromatic carbocycles. The van der Waals surface area contributed by atoms with Gasteiger partial charge in [0.05, 0.1) is 6.61 Å². The molecule has 104 valence electrons. The van der Waals surface area contributed by atoms with Gasteiger partial charge in [0.15, 0.2) is 6.79 Å². The molecule has 1 aromatic rings.